The fourth-order valence-electron chi connectivity index (χ4n) is 3.33. The number of rotatable bonds is 6. The number of carbonyl (C=O) groups is 1. The van der Waals surface area contributed by atoms with Gasteiger partial charge in [0.2, 0.25) is 15.9 Å². The number of hydrogen-bond acceptors (Lipinski definition) is 4. The summed E-state index contributed by atoms with van der Waals surface area (Å²) in [6.45, 7) is 1.22. The lowest BCUT2D eigenvalue weighted by atomic mass is 9.96. The molecule has 148 valence electrons. The van der Waals surface area contributed by atoms with Crippen LogP contribution >= 0.6 is 0 Å². The van der Waals surface area contributed by atoms with Crippen LogP contribution in [0.2, 0.25) is 0 Å². The van der Waals surface area contributed by atoms with Crippen LogP contribution in [0.3, 0.4) is 0 Å². The summed E-state index contributed by atoms with van der Waals surface area (Å²) in [6.07, 6.45) is 6.13. The maximum Gasteiger partial charge on any atom is 0.236 e. The van der Waals surface area contributed by atoms with Crippen LogP contribution in [-0.4, -0.2) is 48.7 Å². The predicted molar refractivity (Wildman–Crippen MR) is 109 cm³/mol. The monoisotopic (exact) mass is 399 g/mol. The van der Waals surface area contributed by atoms with E-state index in [1.807, 2.05) is 42.5 Å². The maximum atomic E-state index is 12.7. The molecule has 0 saturated carbocycles. The molecule has 28 heavy (non-hydrogen) atoms. The fraction of sp³-hybridized carbons (Fsp3) is 0.333. The van der Waals surface area contributed by atoms with Gasteiger partial charge in [-0.1, -0.05) is 36.4 Å². The Labute approximate surface area is 166 Å². The summed E-state index contributed by atoms with van der Waals surface area (Å²) in [7, 11) is -1.70. The average Bonchev–Trinajstić information content (AvgIpc) is 2.73. The first-order chi connectivity index (χ1) is 13.5. The molecule has 1 aromatic heterocycles. The standard InChI is InChI=1S/C21H25N3O3S/c1-23(17-19-8-5-12-22-16-19)21(25)20-9-13-24(14-10-20)28(26,27)15-11-18-6-3-2-4-7-18/h2-8,11-12,15-16,20H,9-10,13-14,17H2,1H3/b15-11+. The van der Waals surface area contributed by atoms with Crippen LogP contribution in [0.25, 0.3) is 6.08 Å². The molecule has 0 atom stereocenters. The summed E-state index contributed by atoms with van der Waals surface area (Å²) < 4.78 is 26.6. The summed E-state index contributed by atoms with van der Waals surface area (Å²) in [5.74, 6) is -0.0908. The molecule has 0 spiro atoms. The van der Waals surface area contributed by atoms with Gasteiger partial charge in [0.15, 0.2) is 0 Å². The van der Waals surface area contributed by atoms with E-state index in [1.165, 1.54) is 9.71 Å². The average molecular weight is 400 g/mol. The van der Waals surface area contributed by atoms with Crippen LogP contribution < -0.4 is 0 Å². The van der Waals surface area contributed by atoms with Gasteiger partial charge in [0.25, 0.3) is 0 Å². The van der Waals surface area contributed by atoms with E-state index >= 15 is 0 Å². The molecule has 1 aliphatic rings. The van der Waals surface area contributed by atoms with Gasteiger partial charge >= 0.3 is 0 Å². The van der Waals surface area contributed by atoms with E-state index in [0.29, 0.717) is 32.5 Å². The van der Waals surface area contributed by atoms with Crippen molar-refractivity contribution in [2.24, 2.45) is 5.92 Å². The molecule has 2 aromatic rings. The second-order valence-corrected chi connectivity index (χ2v) is 8.81. The van der Waals surface area contributed by atoms with Crippen LogP contribution in [0.4, 0.5) is 0 Å². The minimum absolute atomic E-state index is 0.0562. The van der Waals surface area contributed by atoms with Crippen LogP contribution in [0.1, 0.15) is 24.0 Å². The lowest BCUT2D eigenvalue weighted by Gasteiger charge is -2.31. The third-order valence-electron chi connectivity index (χ3n) is 4.91. The number of aromatic nitrogens is 1. The third kappa shape index (κ3) is 5.27. The van der Waals surface area contributed by atoms with Crippen LogP contribution in [-0.2, 0) is 21.4 Å². The normalized spacial score (nSPS) is 16.3. The molecular formula is C21H25N3O3S. The number of piperidine rings is 1. The molecule has 1 aliphatic heterocycles. The molecule has 2 heterocycles. The number of benzene rings is 1. The summed E-state index contributed by atoms with van der Waals surface area (Å²) in [5, 5.41) is 1.25. The smallest absolute Gasteiger partial charge is 0.236 e. The molecule has 1 fully saturated rings. The summed E-state index contributed by atoms with van der Waals surface area (Å²) >= 11 is 0. The predicted octanol–water partition coefficient (Wildman–Crippen LogP) is 2.75. The Morgan fingerprint density at radius 1 is 1.18 bits per heavy atom. The Hall–Kier alpha value is -2.51. The van der Waals surface area contributed by atoms with Crippen molar-refractivity contribution in [3.63, 3.8) is 0 Å². The van der Waals surface area contributed by atoms with Gasteiger partial charge in [0.05, 0.1) is 0 Å². The number of sulfonamides is 1. The highest BCUT2D eigenvalue weighted by atomic mass is 32.2. The van der Waals surface area contributed by atoms with E-state index < -0.39 is 10.0 Å². The number of hydrogen-bond donors (Lipinski definition) is 0. The molecule has 1 saturated heterocycles. The Morgan fingerprint density at radius 3 is 2.54 bits per heavy atom. The zero-order valence-corrected chi connectivity index (χ0v) is 16.8. The van der Waals surface area contributed by atoms with Gasteiger partial charge in [-0.3, -0.25) is 9.78 Å². The van der Waals surface area contributed by atoms with E-state index in [4.69, 9.17) is 0 Å². The van der Waals surface area contributed by atoms with Crippen molar-refractivity contribution in [2.45, 2.75) is 19.4 Å². The van der Waals surface area contributed by atoms with Crippen molar-refractivity contribution in [1.82, 2.24) is 14.2 Å². The molecule has 0 aliphatic carbocycles. The molecule has 0 bridgehead atoms. The van der Waals surface area contributed by atoms with Crippen molar-refractivity contribution in [3.8, 4) is 0 Å². The molecule has 0 radical (unpaired) electrons. The van der Waals surface area contributed by atoms with Crippen LogP contribution in [0.5, 0.6) is 0 Å². The van der Waals surface area contributed by atoms with Crippen LogP contribution in [0.15, 0.2) is 60.3 Å². The zero-order chi connectivity index (χ0) is 20.0. The second kappa shape index (κ2) is 9.12. The van der Waals surface area contributed by atoms with Gasteiger partial charge < -0.3 is 4.90 Å². The van der Waals surface area contributed by atoms with Gasteiger partial charge in [-0.15, -0.1) is 0 Å². The minimum atomic E-state index is -3.48. The van der Waals surface area contributed by atoms with Gasteiger partial charge in [0.1, 0.15) is 0 Å². The molecule has 6 nitrogen and oxygen atoms in total. The van der Waals surface area contributed by atoms with Crippen LogP contribution in [0, 0.1) is 5.92 Å². The highest BCUT2D eigenvalue weighted by Gasteiger charge is 2.31. The van der Waals surface area contributed by atoms with Crippen molar-refractivity contribution in [3.05, 3.63) is 71.4 Å². The Bertz CT molecular complexity index is 906. The Kier molecular flexibility index (Phi) is 6.59. The summed E-state index contributed by atoms with van der Waals surface area (Å²) in [6, 6.07) is 13.1. The quantitative estimate of drug-likeness (QED) is 0.749. The Morgan fingerprint density at radius 2 is 1.89 bits per heavy atom. The van der Waals surface area contributed by atoms with E-state index in [2.05, 4.69) is 4.98 Å². The first-order valence-corrected chi connectivity index (χ1v) is 10.8. The number of nitrogens with zero attached hydrogens (tertiary/aromatic N) is 3. The van der Waals surface area contributed by atoms with E-state index in [-0.39, 0.29) is 11.8 Å². The van der Waals surface area contributed by atoms with Gasteiger partial charge in [-0.25, -0.2) is 8.42 Å². The molecule has 0 unspecified atom stereocenters. The summed E-state index contributed by atoms with van der Waals surface area (Å²) in [4.78, 5) is 18.5. The third-order valence-corrected chi connectivity index (χ3v) is 6.48. The lowest BCUT2D eigenvalue weighted by molar-refractivity contribution is -0.135. The SMILES string of the molecule is CN(Cc1cccnc1)C(=O)C1CCN(S(=O)(=O)/C=C/c2ccccc2)CC1. The second-order valence-electron chi connectivity index (χ2n) is 6.99. The molecule has 0 N–H and O–H groups in total. The molecule has 7 heteroatoms. The molecule has 1 aromatic carbocycles. The largest absolute Gasteiger partial charge is 0.341 e. The van der Waals surface area contributed by atoms with Gasteiger partial charge in [0, 0.05) is 50.4 Å². The van der Waals surface area contributed by atoms with E-state index in [1.54, 1.807) is 30.4 Å². The highest BCUT2D eigenvalue weighted by molar-refractivity contribution is 7.92. The number of amides is 1. The van der Waals surface area contributed by atoms with Crippen molar-refractivity contribution in [2.75, 3.05) is 20.1 Å². The fourth-order valence-corrected chi connectivity index (χ4v) is 4.55. The first-order valence-electron chi connectivity index (χ1n) is 9.33. The Balaban J connectivity index is 1.54. The molecule has 3 rings (SSSR count). The minimum Gasteiger partial charge on any atom is -0.341 e. The van der Waals surface area contributed by atoms with E-state index in [0.717, 1.165) is 11.1 Å². The molecular weight excluding hydrogens is 374 g/mol. The molecule has 1 amide bonds. The van der Waals surface area contributed by atoms with Gasteiger partial charge in [-0.2, -0.15) is 4.31 Å². The van der Waals surface area contributed by atoms with Crippen molar-refractivity contribution < 1.29 is 13.2 Å². The highest BCUT2D eigenvalue weighted by Crippen LogP contribution is 2.23. The van der Waals surface area contributed by atoms with Gasteiger partial charge in [-0.05, 0) is 36.1 Å². The topological polar surface area (TPSA) is 70.6 Å². The summed E-state index contributed by atoms with van der Waals surface area (Å²) in [5.41, 5.74) is 1.82. The number of pyridine rings is 1. The maximum absolute atomic E-state index is 12.7. The zero-order valence-electron chi connectivity index (χ0n) is 15.9. The first kappa shape index (κ1) is 20.2. The lowest BCUT2D eigenvalue weighted by Crippen LogP contribution is -2.42. The van der Waals surface area contributed by atoms with Crippen molar-refractivity contribution >= 4 is 22.0 Å². The number of carbonyl (C=O) groups excluding carboxylic acids is 1. The van der Waals surface area contributed by atoms with E-state index in [9.17, 15) is 13.2 Å². The van der Waals surface area contributed by atoms with Crippen molar-refractivity contribution in [1.29, 1.82) is 0 Å².